The molecule has 2 rings (SSSR count). The van der Waals surface area contributed by atoms with E-state index in [1.165, 1.54) is 0 Å². The van der Waals surface area contributed by atoms with E-state index >= 15 is 0 Å². The lowest BCUT2D eigenvalue weighted by Gasteiger charge is -2.16. The van der Waals surface area contributed by atoms with Gasteiger partial charge in [-0.05, 0) is 24.1 Å². The molecule has 0 aliphatic heterocycles. The summed E-state index contributed by atoms with van der Waals surface area (Å²) in [5.41, 5.74) is 1.61. The van der Waals surface area contributed by atoms with Crippen LogP contribution in [-0.2, 0) is 0 Å². The van der Waals surface area contributed by atoms with E-state index in [0.717, 1.165) is 11.4 Å². The van der Waals surface area contributed by atoms with Gasteiger partial charge in [0.25, 0.3) is 0 Å². The molecule has 1 unspecified atom stereocenters. The minimum absolute atomic E-state index is 0.0336. The molecule has 0 radical (unpaired) electrons. The van der Waals surface area contributed by atoms with Crippen LogP contribution in [0.2, 0.25) is 0 Å². The Kier molecular flexibility index (Phi) is 3.99. The molecule has 0 aromatic carbocycles. The van der Waals surface area contributed by atoms with Gasteiger partial charge in [0.05, 0.1) is 18.0 Å². The molecule has 0 aliphatic carbocycles. The second-order valence-electron chi connectivity index (χ2n) is 4.55. The lowest BCUT2D eigenvalue weighted by Crippen LogP contribution is -2.15. The highest BCUT2D eigenvalue weighted by molar-refractivity contribution is 5.52. The number of aromatic nitrogens is 3. The fourth-order valence-corrected chi connectivity index (χ4v) is 1.80. The topological polar surface area (TPSA) is 58.9 Å². The van der Waals surface area contributed by atoms with Gasteiger partial charge in [0.15, 0.2) is 0 Å². The predicted octanol–water partition coefficient (Wildman–Crippen LogP) is 2.27. The molecular weight excluding hydrogens is 226 g/mol. The maximum absolute atomic E-state index is 9.42. The summed E-state index contributed by atoms with van der Waals surface area (Å²) in [5.74, 6) is 0.943. The third-order valence-corrected chi connectivity index (χ3v) is 2.93. The molecular formula is C14H17N3O. The summed E-state index contributed by atoms with van der Waals surface area (Å²) in [4.78, 5) is 13.0. The van der Waals surface area contributed by atoms with Crippen molar-refractivity contribution >= 4 is 0 Å². The van der Waals surface area contributed by atoms with Crippen molar-refractivity contribution in [2.45, 2.75) is 19.8 Å². The molecule has 1 N–H and O–H groups in total. The second-order valence-corrected chi connectivity index (χ2v) is 4.55. The first kappa shape index (κ1) is 12.6. The van der Waals surface area contributed by atoms with Crippen LogP contribution in [-0.4, -0.2) is 26.7 Å². The zero-order valence-corrected chi connectivity index (χ0v) is 10.6. The van der Waals surface area contributed by atoms with Crippen molar-refractivity contribution < 1.29 is 5.11 Å². The number of aliphatic hydroxyl groups excluding tert-OH is 1. The van der Waals surface area contributed by atoms with E-state index in [9.17, 15) is 5.11 Å². The van der Waals surface area contributed by atoms with Crippen molar-refractivity contribution in [1.82, 2.24) is 15.0 Å². The van der Waals surface area contributed by atoms with Gasteiger partial charge in [-0.1, -0.05) is 19.9 Å². The smallest absolute Gasteiger partial charge is 0.134 e. The standard InChI is InChI=1S/C14H17N3O/c1-10(2)11(9-18)14-16-8-6-13(17-14)12-5-3-4-7-15-12/h3-8,10-11,18H,9H2,1-2H3. The summed E-state index contributed by atoms with van der Waals surface area (Å²) in [5, 5.41) is 9.42. The number of nitrogens with zero attached hydrogens (tertiary/aromatic N) is 3. The van der Waals surface area contributed by atoms with Gasteiger partial charge in [-0.3, -0.25) is 4.98 Å². The Morgan fingerprint density at radius 2 is 1.89 bits per heavy atom. The summed E-state index contributed by atoms with van der Waals surface area (Å²) in [6.45, 7) is 4.17. The van der Waals surface area contributed by atoms with Gasteiger partial charge >= 0.3 is 0 Å². The van der Waals surface area contributed by atoms with E-state index in [1.807, 2.05) is 24.3 Å². The molecule has 0 aliphatic rings. The van der Waals surface area contributed by atoms with Crippen molar-refractivity contribution in [2.24, 2.45) is 5.92 Å². The Morgan fingerprint density at radius 3 is 2.50 bits per heavy atom. The number of rotatable bonds is 4. The molecule has 2 aromatic rings. The molecule has 0 saturated carbocycles. The molecule has 2 aromatic heterocycles. The Balaban J connectivity index is 2.36. The fourth-order valence-electron chi connectivity index (χ4n) is 1.80. The highest BCUT2D eigenvalue weighted by Crippen LogP contribution is 2.22. The molecule has 94 valence electrons. The molecule has 4 nitrogen and oxygen atoms in total. The van der Waals surface area contributed by atoms with Crippen LogP contribution in [0.25, 0.3) is 11.4 Å². The Bertz CT molecular complexity index is 499. The first-order chi connectivity index (χ1) is 8.72. The maximum Gasteiger partial charge on any atom is 0.134 e. The van der Waals surface area contributed by atoms with Gasteiger partial charge in [-0.25, -0.2) is 9.97 Å². The number of pyridine rings is 1. The average Bonchev–Trinajstić information content (AvgIpc) is 2.40. The fraction of sp³-hybridized carbons (Fsp3) is 0.357. The summed E-state index contributed by atoms with van der Waals surface area (Å²) in [6, 6.07) is 7.54. The molecule has 4 heteroatoms. The van der Waals surface area contributed by atoms with Crippen LogP contribution in [0.4, 0.5) is 0 Å². The van der Waals surface area contributed by atoms with E-state index in [-0.39, 0.29) is 12.5 Å². The Morgan fingerprint density at radius 1 is 1.06 bits per heavy atom. The SMILES string of the molecule is CC(C)C(CO)c1nccc(-c2ccccn2)n1. The minimum atomic E-state index is -0.0336. The summed E-state index contributed by atoms with van der Waals surface area (Å²) in [7, 11) is 0. The van der Waals surface area contributed by atoms with Gasteiger partial charge in [0, 0.05) is 18.3 Å². The van der Waals surface area contributed by atoms with Crippen LogP contribution >= 0.6 is 0 Å². The monoisotopic (exact) mass is 243 g/mol. The first-order valence-corrected chi connectivity index (χ1v) is 6.07. The van der Waals surface area contributed by atoms with E-state index in [0.29, 0.717) is 11.7 Å². The quantitative estimate of drug-likeness (QED) is 0.895. The van der Waals surface area contributed by atoms with Crippen molar-refractivity contribution in [3.63, 3.8) is 0 Å². The van der Waals surface area contributed by atoms with Gasteiger partial charge < -0.3 is 5.11 Å². The van der Waals surface area contributed by atoms with Crippen molar-refractivity contribution in [3.8, 4) is 11.4 Å². The molecule has 0 amide bonds. The number of hydrogen-bond donors (Lipinski definition) is 1. The summed E-state index contributed by atoms with van der Waals surface area (Å²) >= 11 is 0. The van der Waals surface area contributed by atoms with Crippen LogP contribution in [0.3, 0.4) is 0 Å². The lowest BCUT2D eigenvalue weighted by atomic mass is 9.96. The van der Waals surface area contributed by atoms with Crippen molar-refractivity contribution in [2.75, 3.05) is 6.61 Å². The number of aliphatic hydroxyl groups is 1. The molecule has 0 bridgehead atoms. The predicted molar refractivity (Wildman–Crippen MR) is 69.9 cm³/mol. The third-order valence-electron chi connectivity index (χ3n) is 2.93. The summed E-state index contributed by atoms with van der Waals surface area (Å²) in [6.07, 6.45) is 3.46. The van der Waals surface area contributed by atoms with Crippen molar-refractivity contribution in [1.29, 1.82) is 0 Å². The van der Waals surface area contributed by atoms with Gasteiger partial charge in [0.2, 0.25) is 0 Å². The molecule has 0 fully saturated rings. The average molecular weight is 243 g/mol. The Hall–Kier alpha value is -1.81. The molecule has 0 spiro atoms. The van der Waals surface area contributed by atoms with Crippen molar-refractivity contribution in [3.05, 3.63) is 42.5 Å². The molecule has 0 saturated heterocycles. The zero-order valence-electron chi connectivity index (χ0n) is 10.6. The first-order valence-electron chi connectivity index (χ1n) is 6.07. The normalized spacial score (nSPS) is 12.7. The van der Waals surface area contributed by atoms with Gasteiger partial charge in [-0.15, -0.1) is 0 Å². The van der Waals surface area contributed by atoms with Crippen LogP contribution < -0.4 is 0 Å². The van der Waals surface area contributed by atoms with E-state index in [1.54, 1.807) is 12.4 Å². The van der Waals surface area contributed by atoms with E-state index in [4.69, 9.17) is 0 Å². The van der Waals surface area contributed by atoms with Crippen LogP contribution in [0.5, 0.6) is 0 Å². The van der Waals surface area contributed by atoms with Gasteiger partial charge in [-0.2, -0.15) is 0 Å². The molecule has 2 heterocycles. The Labute approximate surface area is 107 Å². The van der Waals surface area contributed by atoms with Crippen LogP contribution in [0.1, 0.15) is 25.6 Å². The van der Waals surface area contributed by atoms with E-state index < -0.39 is 0 Å². The minimum Gasteiger partial charge on any atom is -0.396 e. The van der Waals surface area contributed by atoms with Crippen LogP contribution in [0.15, 0.2) is 36.7 Å². The number of hydrogen-bond acceptors (Lipinski definition) is 4. The largest absolute Gasteiger partial charge is 0.396 e. The van der Waals surface area contributed by atoms with Crippen LogP contribution in [0, 0.1) is 5.92 Å². The molecule has 18 heavy (non-hydrogen) atoms. The molecule has 1 atom stereocenters. The zero-order chi connectivity index (χ0) is 13.0. The second kappa shape index (κ2) is 5.69. The lowest BCUT2D eigenvalue weighted by molar-refractivity contribution is 0.232. The third kappa shape index (κ3) is 2.71. The highest BCUT2D eigenvalue weighted by Gasteiger charge is 2.18. The maximum atomic E-state index is 9.42. The van der Waals surface area contributed by atoms with Gasteiger partial charge in [0.1, 0.15) is 5.82 Å². The summed E-state index contributed by atoms with van der Waals surface area (Å²) < 4.78 is 0. The van der Waals surface area contributed by atoms with E-state index in [2.05, 4.69) is 28.8 Å². The highest BCUT2D eigenvalue weighted by atomic mass is 16.3.